The van der Waals surface area contributed by atoms with Gasteiger partial charge in [-0.15, -0.1) is 0 Å². The Labute approximate surface area is 205 Å². The van der Waals surface area contributed by atoms with Crippen molar-refractivity contribution in [1.29, 1.82) is 0 Å². The molecule has 1 spiro atoms. The highest BCUT2D eigenvalue weighted by atomic mass is 19.4. The van der Waals surface area contributed by atoms with Crippen LogP contribution < -0.4 is 0 Å². The minimum Gasteiger partial charge on any atom is -0.388 e. The Morgan fingerprint density at radius 2 is 1.63 bits per heavy atom. The van der Waals surface area contributed by atoms with Gasteiger partial charge in [-0.3, -0.25) is 4.98 Å². The molecule has 0 radical (unpaired) electrons. The number of benzene rings is 1. The summed E-state index contributed by atoms with van der Waals surface area (Å²) in [5, 5.41) is 23.1. The molecule has 2 N–H and O–H groups in total. The second-order valence-electron chi connectivity index (χ2n) is 11.4. The third-order valence-corrected chi connectivity index (χ3v) is 8.73. The zero-order valence-corrected chi connectivity index (χ0v) is 20.7. The van der Waals surface area contributed by atoms with Gasteiger partial charge in [0.15, 0.2) is 0 Å². The summed E-state index contributed by atoms with van der Waals surface area (Å²) < 4.78 is 39.4. The van der Waals surface area contributed by atoms with Crippen LogP contribution in [0, 0.1) is 5.41 Å². The molecule has 2 saturated carbocycles. The average molecular weight is 488 g/mol. The first-order valence-electron chi connectivity index (χ1n) is 13.2. The Kier molecular flexibility index (Phi) is 6.50. The van der Waals surface area contributed by atoms with Crippen LogP contribution in [0.1, 0.15) is 135 Å². The van der Waals surface area contributed by atoms with Gasteiger partial charge in [0.2, 0.25) is 0 Å². The van der Waals surface area contributed by atoms with Crippen LogP contribution in [0.15, 0.2) is 24.3 Å². The Morgan fingerprint density at radius 1 is 0.971 bits per heavy atom. The Balaban J connectivity index is 1.67. The normalized spacial score (nSPS) is 23.3. The molecule has 2 aromatic rings. The van der Waals surface area contributed by atoms with E-state index in [9.17, 15) is 23.4 Å². The number of alkyl halides is 3. The van der Waals surface area contributed by atoms with Gasteiger partial charge < -0.3 is 10.2 Å². The summed E-state index contributed by atoms with van der Waals surface area (Å²) in [6.45, 7) is 4.11. The third-order valence-electron chi connectivity index (χ3n) is 8.73. The molecule has 5 rings (SSSR count). The molecule has 2 fully saturated rings. The van der Waals surface area contributed by atoms with Crippen LogP contribution in [0.5, 0.6) is 0 Å². The number of rotatable bonds is 4. The SMILES string of the molecule is CC(C)c1nc2c(c(C3CCCCC3)c1[C@H](O)c1ccc(C(F)(F)F)cc1)[C@@H](O)CC1(CCC1)C2. The van der Waals surface area contributed by atoms with E-state index in [-0.39, 0.29) is 17.3 Å². The highest BCUT2D eigenvalue weighted by Gasteiger charge is 2.46. The third kappa shape index (κ3) is 4.53. The fourth-order valence-electron chi connectivity index (χ4n) is 6.79. The van der Waals surface area contributed by atoms with Crippen LogP contribution in [0.3, 0.4) is 0 Å². The van der Waals surface area contributed by atoms with Gasteiger partial charge in [0, 0.05) is 22.5 Å². The van der Waals surface area contributed by atoms with E-state index in [1.807, 2.05) is 0 Å². The van der Waals surface area contributed by atoms with Crippen LogP contribution >= 0.6 is 0 Å². The fourth-order valence-corrected chi connectivity index (χ4v) is 6.79. The molecule has 1 aromatic heterocycles. The minimum atomic E-state index is -4.42. The van der Waals surface area contributed by atoms with Gasteiger partial charge in [-0.1, -0.05) is 51.7 Å². The lowest BCUT2D eigenvalue weighted by atomic mass is 9.58. The van der Waals surface area contributed by atoms with Gasteiger partial charge in [-0.25, -0.2) is 0 Å². The standard InChI is InChI=1S/C29H36F3NO2/c1-17(2)26-25(27(35)19-9-11-20(12-10-19)29(30,31)32)23(18-7-4-3-5-8-18)24-21(33-26)15-28(13-6-14-28)16-22(24)34/h9-12,17-18,22,27,34-35H,3-8,13-16H2,1-2H3/t22-,27+/m0/s1. The quantitative estimate of drug-likeness (QED) is 0.469. The lowest BCUT2D eigenvalue weighted by Crippen LogP contribution is -2.39. The van der Waals surface area contributed by atoms with Crippen LogP contribution in [0.25, 0.3) is 0 Å². The number of nitrogens with zero attached hydrogens (tertiary/aromatic N) is 1. The van der Waals surface area contributed by atoms with Gasteiger partial charge >= 0.3 is 6.18 Å². The molecule has 0 unspecified atom stereocenters. The van der Waals surface area contributed by atoms with Crippen molar-refractivity contribution in [2.24, 2.45) is 5.41 Å². The highest BCUT2D eigenvalue weighted by Crippen LogP contribution is 2.56. The first kappa shape index (κ1) is 24.8. The average Bonchev–Trinajstić information content (AvgIpc) is 2.81. The predicted octanol–water partition coefficient (Wildman–Crippen LogP) is 7.50. The topological polar surface area (TPSA) is 53.4 Å². The molecular weight excluding hydrogens is 451 g/mol. The fraction of sp³-hybridized carbons (Fsp3) is 0.621. The first-order chi connectivity index (χ1) is 16.6. The number of aliphatic hydroxyl groups is 2. The van der Waals surface area contributed by atoms with E-state index in [0.29, 0.717) is 11.1 Å². The lowest BCUT2D eigenvalue weighted by Gasteiger charge is -2.48. The summed E-state index contributed by atoms with van der Waals surface area (Å²) in [6.07, 6.45) is 4.32. The number of pyridine rings is 1. The van der Waals surface area contributed by atoms with Gasteiger partial charge in [-0.05, 0) is 79.0 Å². The first-order valence-corrected chi connectivity index (χ1v) is 13.2. The van der Waals surface area contributed by atoms with E-state index < -0.39 is 23.9 Å². The summed E-state index contributed by atoms with van der Waals surface area (Å²) in [7, 11) is 0. The van der Waals surface area contributed by atoms with Crippen molar-refractivity contribution in [3.05, 3.63) is 63.5 Å². The van der Waals surface area contributed by atoms with Crippen LogP contribution in [0.4, 0.5) is 13.2 Å². The van der Waals surface area contributed by atoms with Gasteiger partial charge in [0.25, 0.3) is 0 Å². The Hall–Kier alpha value is -1.92. The molecule has 0 amide bonds. The van der Waals surface area contributed by atoms with Crippen molar-refractivity contribution in [3.8, 4) is 0 Å². The van der Waals surface area contributed by atoms with E-state index in [1.165, 1.54) is 25.0 Å². The maximum absolute atomic E-state index is 13.1. The monoisotopic (exact) mass is 487 g/mol. The molecule has 0 bridgehead atoms. The molecule has 3 aliphatic rings. The van der Waals surface area contributed by atoms with Crippen molar-refractivity contribution in [3.63, 3.8) is 0 Å². The number of fused-ring (bicyclic) bond motifs is 1. The number of aliphatic hydroxyl groups excluding tert-OH is 2. The second-order valence-corrected chi connectivity index (χ2v) is 11.4. The van der Waals surface area contributed by atoms with E-state index in [0.717, 1.165) is 86.0 Å². The Morgan fingerprint density at radius 3 is 2.17 bits per heavy atom. The lowest BCUT2D eigenvalue weighted by molar-refractivity contribution is -0.137. The Bertz CT molecular complexity index is 1070. The zero-order chi connectivity index (χ0) is 25.0. The zero-order valence-electron chi connectivity index (χ0n) is 20.7. The summed E-state index contributed by atoms with van der Waals surface area (Å²) in [5.41, 5.74) is 4.30. The van der Waals surface area contributed by atoms with E-state index in [2.05, 4.69) is 13.8 Å². The second kappa shape index (κ2) is 9.19. The maximum atomic E-state index is 13.1. The van der Waals surface area contributed by atoms with Crippen molar-refractivity contribution < 1.29 is 23.4 Å². The summed E-state index contributed by atoms with van der Waals surface area (Å²) in [4.78, 5) is 5.10. The van der Waals surface area contributed by atoms with Crippen molar-refractivity contribution in [2.45, 2.75) is 108 Å². The van der Waals surface area contributed by atoms with Gasteiger partial charge in [0.05, 0.1) is 11.7 Å². The van der Waals surface area contributed by atoms with Crippen molar-refractivity contribution in [2.75, 3.05) is 0 Å². The number of aromatic nitrogens is 1. The van der Waals surface area contributed by atoms with Gasteiger partial charge in [-0.2, -0.15) is 13.2 Å². The highest BCUT2D eigenvalue weighted by molar-refractivity contribution is 5.50. The largest absolute Gasteiger partial charge is 0.416 e. The summed E-state index contributed by atoms with van der Waals surface area (Å²) in [6, 6.07) is 4.83. The molecule has 190 valence electrons. The molecular formula is C29H36F3NO2. The predicted molar refractivity (Wildman–Crippen MR) is 129 cm³/mol. The van der Waals surface area contributed by atoms with Crippen molar-refractivity contribution in [1.82, 2.24) is 4.98 Å². The van der Waals surface area contributed by atoms with Crippen LogP contribution in [-0.4, -0.2) is 15.2 Å². The molecule has 1 heterocycles. The smallest absolute Gasteiger partial charge is 0.388 e. The molecule has 6 heteroatoms. The number of halogens is 3. The molecule has 3 aliphatic carbocycles. The minimum absolute atomic E-state index is 0.0400. The molecule has 3 nitrogen and oxygen atoms in total. The van der Waals surface area contributed by atoms with Crippen LogP contribution in [0.2, 0.25) is 0 Å². The molecule has 2 atom stereocenters. The van der Waals surface area contributed by atoms with Gasteiger partial charge in [0.1, 0.15) is 6.10 Å². The maximum Gasteiger partial charge on any atom is 0.416 e. The summed E-state index contributed by atoms with van der Waals surface area (Å²) in [5.74, 6) is 0.264. The van der Waals surface area contributed by atoms with E-state index >= 15 is 0 Å². The number of hydrogen-bond acceptors (Lipinski definition) is 3. The number of hydrogen-bond donors (Lipinski definition) is 2. The van der Waals surface area contributed by atoms with Crippen LogP contribution in [-0.2, 0) is 12.6 Å². The summed E-state index contributed by atoms with van der Waals surface area (Å²) >= 11 is 0. The molecule has 1 aromatic carbocycles. The van der Waals surface area contributed by atoms with E-state index in [1.54, 1.807) is 0 Å². The van der Waals surface area contributed by atoms with Crippen molar-refractivity contribution >= 4 is 0 Å². The molecule has 0 aliphatic heterocycles. The molecule has 0 saturated heterocycles. The van der Waals surface area contributed by atoms with E-state index in [4.69, 9.17) is 4.98 Å². The molecule has 35 heavy (non-hydrogen) atoms.